The van der Waals surface area contributed by atoms with Crippen molar-refractivity contribution >= 4 is 5.97 Å². The summed E-state index contributed by atoms with van der Waals surface area (Å²) in [7, 11) is 0. The van der Waals surface area contributed by atoms with E-state index in [1.165, 1.54) is 38.5 Å². The number of hydrogen-bond donors (Lipinski definition) is 2. The summed E-state index contributed by atoms with van der Waals surface area (Å²) in [5.74, 6) is -0.299. The molecule has 0 saturated carbocycles. The second-order valence-electron chi connectivity index (χ2n) is 4.94. The highest BCUT2D eigenvalue weighted by molar-refractivity contribution is 5.84. The minimum absolute atomic E-state index is 0.0221. The predicted octanol–water partition coefficient (Wildman–Crippen LogP) is 3.74. The minimum atomic E-state index is -1.01. The number of rotatable bonds is 10. The van der Waals surface area contributed by atoms with Gasteiger partial charge in [0.1, 0.15) is 5.76 Å². The van der Waals surface area contributed by atoms with E-state index in [0.717, 1.165) is 12.1 Å². The first-order valence-electron chi connectivity index (χ1n) is 7.18. The normalized spacial score (nSPS) is 10.8. The fraction of sp³-hybridized carbons (Fsp3) is 0.667. The standard InChI is InChI=1S/C15H25NO3/c1-3-4-5-6-7-8-9-16-11-13-10-14(15(17)18)19-12(13)2/h10,16H,3-9,11H2,1-2H3,(H,17,18). The van der Waals surface area contributed by atoms with Crippen molar-refractivity contribution < 1.29 is 14.3 Å². The molecule has 0 saturated heterocycles. The van der Waals surface area contributed by atoms with Crippen LogP contribution in [0.5, 0.6) is 0 Å². The first kappa shape index (κ1) is 15.8. The zero-order valence-corrected chi connectivity index (χ0v) is 12.0. The van der Waals surface area contributed by atoms with Gasteiger partial charge in [-0.1, -0.05) is 39.0 Å². The van der Waals surface area contributed by atoms with Gasteiger partial charge in [-0.3, -0.25) is 0 Å². The van der Waals surface area contributed by atoms with Gasteiger partial charge in [-0.05, 0) is 26.0 Å². The summed E-state index contributed by atoms with van der Waals surface area (Å²) < 4.78 is 5.16. The number of carboxylic acid groups (broad SMARTS) is 1. The lowest BCUT2D eigenvalue weighted by Crippen LogP contribution is -2.14. The quantitative estimate of drug-likeness (QED) is 0.634. The molecule has 0 aliphatic rings. The van der Waals surface area contributed by atoms with E-state index in [-0.39, 0.29) is 5.76 Å². The van der Waals surface area contributed by atoms with Crippen molar-refractivity contribution in [2.45, 2.75) is 58.9 Å². The molecule has 0 bridgehead atoms. The van der Waals surface area contributed by atoms with Crippen molar-refractivity contribution in [2.75, 3.05) is 6.54 Å². The molecule has 1 rings (SSSR count). The molecule has 4 nitrogen and oxygen atoms in total. The number of carbonyl (C=O) groups is 1. The Morgan fingerprint density at radius 2 is 1.95 bits per heavy atom. The molecule has 19 heavy (non-hydrogen) atoms. The Bertz CT molecular complexity index is 385. The van der Waals surface area contributed by atoms with E-state index in [1.807, 2.05) is 0 Å². The van der Waals surface area contributed by atoms with E-state index >= 15 is 0 Å². The first-order chi connectivity index (χ1) is 9.15. The van der Waals surface area contributed by atoms with Gasteiger partial charge < -0.3 is 14.8 Å². The van der Waals surface area contributed by atoms with Crippen LogP contribution >= 0.6 is 0 Å². The highest BCUT2D eigenvalue weighted by Crippen LogP contribution is 2.14. The second-order valence-corrected chi connectivity index (χ2v) is 4.94. The molecule has 108 valence electrons. The number of hydrogen-bond acceptors (Lipinski definition) is 3. The Labute approximate surface area is 115 Å². The summed E-state index contributed by atoms with van der Waals surface area (Å²) in [5, 5.41) is 12.2. The Kier molecular flexibility index (Phi) is 7.26. The summed E-state index contributed by atoms with van der Waals surface area (Å²) in [6.07, 6.45) is 7.69. The van der Waals surface area contributed by atoms with E-state index in [0.29, 0.717) is 12.3 Å². The molecule has 0 fully saturated rings. The molecule has 0 unspecified atom stereocenters. The van der Waals surface area contributed by atoms with Crippen LogP contribution < -0.4 is 5.32 Å². The molecule has 1 aromatic heterocycles. The summed E-state index contributed by atoms with van der Waals surface area (Å²) in [4.78, 5) is 10.8. The Balaban J connectivity index is 2.14. The van der Waals surface area contributed by atoms with Crippen molar-refractivity contribution in [1.82, 2.24) is 5.32 Å². The zero-order chi connectivity index (χ0) is 14.1. The Morgan fingerprint density at radius 3 is 2.58 bits per heavy atom. The number of carboxylic acids is 1. The molecular formula is C15H25NO3. The second kappa shape index (κ2) is 8.75. The van der Waals surface area contributed by atoms with Crippen LogP contribution in [-0.2, 0) is 6.54 Å². The van der Waals surface area contributed by atoms with Gasteiger partial charge in [0.15, 0.2) is 0 Å². The molecule has 2 N–H and O–H groups in total. The van der Waals surface area contributed by atoms with Crippen molar-refractivity contribution in [3.63, 3.8) is 0 Å². The Morgan fingerprint density at radius 1 is 1.26 bits per heavy atom. The highest BCUT2D eigenvalue weighted by Gasteiger charge is 2.12. The molecule has 0 atom stereocenters. The Hall–Kier alpha value is -1.29. The predicted molar refractivity (Wildman–Crippen MR) is 75.5 cm³/mol. The molecule has 0 aliphatic carbocycles. The molecule has 0 aliphatic heterocycles. The van der Waals surface area contributed by atoms with Crippen LogP contribution in [0.15, 0.2) is 10.5 Å². The van der Waals surface area contributed by atoms with Crippen LogP contribution in [0.3, 0.4) is 0 Å². The number of unbranched alkanes of at least 4 members (excludes halogenated alkanes) is 5. The number of furan rings is 1. The first-order valence-corrected chi connectivity index (χ1v) is 7.18. The summed E-state index contributed by atoms with van der Waals surface area (Å²) in [5.41, 5.74) is 0.934. The third-order valence-corrected chi connectivity index (χ3v) is 3.25. The molecule has 1 heterocycles. The van der Waals surface area contributed by atoms with Gasteiger partial charge in [0.2, 0.25) is 5.76 Å². The molecular weight excluding hydrogens is 242 g/mol. The fourth-order valence-electron chi connectivity index (χ4n) is 2.05. The van der Waals surface area contributed by atoms with Gasteiger partial charge in [-0.25, -0.2) is 4.79 Å². The van der Waals surface area contributed by atoms with Crippen LogP contribution in [0.1, 0.15) is 67.3 Å². The maximum Gasteiger partial charge on any atom is 0.371 e. The largest absolute Gasteiger partial charge is 0.475 e. The third-order valence-electron chi connectivity index (χ3n) is 3.25. The molecule has 0 radical (unpaired) electrons. The van der Waals surface area contributed by atoms with Gasteiger partial charge in [-0.2, -0.15) is 0 Å². The molecule has 4 heteroatoms. The van der Waals surface area contributed by atoms with Gasteiger partial charge in [0, 0.05) is 12.1 Å². The van der Waals surface area contributed by atoms with E-state index in [9.17, 15) is 4.79 Å². The third kappa shape index (κ3) is 5.92. The maximum absolute atomic E-state index is 10.8. The van der Waals surface area contributed by atoms with Gasteiger partial charge in [-0.15, -0.1) is 0 Å². The number of aromatic carboxylic acids is 1. The SMILES string of the molecule is CCCCCCCCNCc1cc(C(=O)O)oc1C. The monoisotopic (exact) mass is 267 g/mol. The lowest BCUT2D eigenvalue weighted by Gasteiger charge is -2.03. The van der Waals surface area contributed by atoms with Gasteiger partial charge in [0.25, 0.3) is 0 Å². The highest BCUT2D eigenvalue weighted by atomic mass is 16.4. The van der Waals surface area contributed by atoms with Crippen molar-refractivity contribution in [1.29, 1.82) is 0 Å². The summed E-state index contributed by atoms with van der Waals surface area (Å²) in [6, 6.07) is 1.60. The molecule has 1 aromatic rings. The molecule has 0 aromatic carbocycles. The van der Waals surface area contributed by atoms with E-state index < -0.39 is 5.97 Å². The van der Waals surface area contributed by atoms with Crippen LogP contribution in [-0.4, -0.2) is 17.6 Å². The van der Waals surface area contributed by atoms with Crippen LogP contribution in [0.4, 0.5) is 0 Å². The lowest BCUT2D eigenvalue weighted by atomic mass is 10.1. The molecule has 0 spiro atoms. The topological polar surface area (TPSA) is 62.5 Å². The van der Waals surface area contributed by atoms with Crippen LogP contribution in [0, 0.1) is 6.92 Å². The number of nitrogens with one attached hydrogen (secondary N) is 1. The molecule has 0 amide bonds. The van der Waals surface area contributed by atoms with E-state index in [2.05, 4.69) is 12.2 Å². The summed E-state index contributed by atoms with van der Waals surface area (Å²) >= 11 is 0. The summed E-state index contributed by atoms with van der Waals surface area (Å²) in [6.45, 7) is 5.67. The van der Waals surface area contributed by atoms with Crippen molar-refractivity contribution in [2.24, 2.45) is 0 Å². The smallest absolute Gasteiger partial charge is 0.371 e. The lowest BCUT2D eigenvalue weighted by molar-refractivity contribution is 0.0661. The van der Waals surface area contributed by atoms with E-state index in [4.69, 9.17) is 9.52 Å². The van der Waals surface area contributed by atoms with Crippen molar-refractivity contribution in [3.05, 3.63) is 23.2 Å². The van der Waals surface area contributed by atoms with Crippen molar-refractivity contribution in [3.8, 4) is 0 Å². The van der Waals surface area contributed by atoms with Crippen LogP contribution in [0.25, 0.3) is 0 Å². The number of aryl methyl sites for hydroxylation is 1. The van der Waals surface area contributed by atoms with Crippen LogP contribution in [0.2, 0.25) is 0 Å². The van der Waals surface area contributed by atoms with E-state index in [1.54, 1.807) is 13.0 Å². The maximum atomic E-state index is 10.8. The average molecular weight is 267 g/mol. The van der Waals surface area contributed by atoms with Gasteiger partial charge in [0.05, 0.1) is 0 Å². The average Bonchev–Trinajstić information content (AvgIpc) is 2.74. The fourth-order valence-corrected chi connectivity index (χ4v) is 2.05. The minimum Gasteiger partial charge on any atom is -0.475 e. The zero-order valence-electron chi connectivity index (χ0n) is 12.0. The van der Waals surface area contributed by atoms with Gasteiger partial charge >= 0.3 is 5.97 Å².